The quantitative estimate of drug-likeness (QED) is 0.504. The van der Waals surface area contributed by atoms with Gasteiger partial charge in [0.2, 0.25) is 12.0 Å². The second kappa shape index (κ2) is 10.4. The lowest BCUT2D eigenvalue weighted by atomic mass is 9.95. The van der Waals surface area contributed by atoms with Crippen molar-refractivity contribution >= 4 is 5.78 Å². The van der Waals surface area contributed by atoms with Gasteiger partial charge in [-0.15, -0.1) is 0 Å². The second-order valence-corrected chi connectivity index (χ2v) is 8.49. The van der Waals surface area contributed by atoms with Crippen LogP contribution in [0.5, 0.6) is 34.5 Å². The van der Waals surface area contributed by atoms with E-state index in [1.165, 1.54) is 40.6 Å². The van der Waals surface area contributed by atoms with E-state index in [0.717, 1.165) is 0 Å². The van der Waals surface area contributed by atoms with Gasteiger partial charge in [0, 0.05) is 17.7 Å². The third-order valence-electron chi connectivity index (χ3n) is 6.30. The number of aliphatic hydroxyl groups is 3. The van der Waals surface area contributed by atoms with Crippen molar-refractivity contribution in [2.45, 2.75) is 50.2 Å². The summed E-state index contributed by atoms with van der Waals surface area (Å²) in [7, 11) is 5.90. The van der Waals surface area contributed by atoms with Gasteiger partial charge in [-0.2, -0.15) is 0 Å². The number of hydrogen-bond donors (Lipinski definition) is 3. The summed E-state index contributed by atoms with van der Waals surface area (Å²) in [5.41, 5.74) is 0.883. The Hall–Kier alpha value is -3.25. The van der Waals surface area contributed by atoms with Crippen LogP contribution in [0.3, 0.4) is 0 Å². The van der Waals surface area contributed by atoms with Crippen LogP contribution in [0.2, 0.25) is 0 Å². The molecule has 0 aliphatic carbocycles. The van der Waals surface area contributed by atoms with Crippen molar-refractivity contribution in [3.63, 3.8) is 0 Å². The lowest BCUT2D eigenvalue weighted by molar-refractivity contribution is -0.268. The number of fused-ring (bicyclic) bond motifs is 1. The summed E-state index contributed by atoms with van der Waals surface area (Å²) in [6.45, 7) is 1.55. The fourth-order valence-corrected chi connectivity index (χ4v) is 4.35. The first-order chi connectivity index (χ1) is 17.2. The van der Waals surface area contributed by atoms with E-state index in [-0.39, 0.29) is 35.0 Å². The zero-order chi connectivity index (χ0) is 26.1. The Morgan fingerprint density at radius 1 is 0.833 bits per heavy atom. The number of carbonyl (C=O) groups excluding carboxylic acids is 1. The zero-order valence-electron chi connectivity index (χ0n) is 20.6. The van der Waals surface area contributed by atoms with Gasteiger partial charge in [-0.1, -0.05) is 0 Å². The Kier molecular flexibility index (Phi) is 7.46. The van der Waals surface area contributed by atoms with Crippen LogP contribution in [-0.4, -0.2) is 80.2 Å². The van der Waals surface area contributed by atoms with Crippen LogP contribution in [0.25, 0.3) is 0 Å². The van der Waals surface area contributed by atoms with Crippen molar-refractivity contribution in [3.05, 3.63) is 35.4 Å². The summed E-state index contributed by atoms with van der Waals surface area (Å²) in [4.78, 5) is 13.1. The molecule has 0 spiro atoms. The predicted molar refractivity (Wildman–Crippen MR) is 124 cm³/mol. The normalized spacial score (nSPS) is 27.5. The van der Waals surface area contributed by atoms with Crippen molar-refractivity contribution in [3.8, 4) is 34.5 Å². The van der Waals surface area contributed by atoms with Crippen LogP contribution >= 0.6 is 0 Å². The van der Waals surface area contributed by atoms with Gasteiger partial charge in [0.25, 0.3) is 0 Å². The van der Waals surface area contributed by atoms with Crippen molar-refractivity contribution in [1.29, 1.82) is 0 Å². The van der Waals surface area contributed by atoms with Crippen LogP contribution in [0.4, 0.5) is 0 Å². The highest BCUT2D eigenvalue weighted by Crippen LogP contribution is 2.46. The summed E-state index contributed by atoms with van der Waals surface area (Å²) in [6, 6.07) is 6.38. The minimum atomic E-state index is -1.51. The van der Waals surface area contributed by atoms with Gasteiger partial charge >= 0.3 is 0 Å². The average molecular weight is 507 g/mol. The van der Waals surface area contributed by atoms with Gasteiger partial charge < -0.3 is 48.5 Å². The molecule has 0 unspecified atom stereocenters. The number of aliphatic hydroxyl groups excluding tert-OH is 3. The summed E-state index contributed by atoms with van der Waals surface area (Å²) in [5.74, 6) is 1.64. The number of Topliss-reactive ketones (excluding diaryl/α,β-unsaturated/α-hetero) is 1. The Morgan fingerprint density at radius 3 is 2.06 bits per heavy atom. The highest BCUT2D eigenvalue weighted by atomic mass is 16.7. The first-order valence-corrected chi connectivity index (χ1v) is 11.3. The summed E-state index contributed by atoms with van der Waals surface area (Å²) < 4.78 is 39.1. The first-order valence-electron chi connectivity index (χ1n) is 11.3. The van der Waals surface area contributed by atoms with E-state index >= 15 is 0 Å². The molecule has 1 fully saturated rings. The first kappa shape index (κ1) is 25.8. The third kappa shape index (κ3) is 4.62. The minimum absolute atomic E-state index is 0.0360. The molecule has 11 heteroatoms. The minimum Gasteiger partial charge on any atom is -0.496 e. The van der Waals surface area contributed by atoms with Gasteiger partial charge in [-0.05, 0) is 19.1 Å². The predicted octanol–water partition coefficient (Wildman–Crippen LogP) is 1.63. The molecule has 6 atom stereocenters. The molecule has 2 aliphatic heterocycles. The molecular weight excluding hydrogens is 476 g/mol. The topological polar surface area (TPSA) is 142 Å². The number of benzene rings is 2. The Balaban J connectivity index is 1.67. The van der Waals surface area contributed by atoms with Gasteiger partial charge in [-0.3, -0.25) is 4.79 Å². The molecule has 2 aromatic carbocycles. The fraction of sp³-hybridized carbons (Fsp3) is 0.480. The maximum Gasteiger partial charge on any atom is 0.229 e. The highest BCUT2D eigenvalue weighted by Gasteiger charge is 2.43. The average Bonchev–Trinajstić information content (AvgIpc) is 2.88. The standard InChI is InChI=1S/C25H30O11/c1-11-21(27)22(28)23(29)25(34-11)35-13-8-16(30-2)20-14(26)10-15(36-17(20)9-13)12-6-18(31-3)24(33-5)19(7-12)32-4/h6-9,11,15,21-23,25,27-29H,10H2,1-5H3/t11-,15-,21-,22+,23+,25+/m0/s1. The Labute approximate surface area is 208 Å². The number of ether oxygens (including phenoxy) is 7. The number of rotatable bonds is 7. The van der Waals surface area contributed by atoms with E-state index in [4.69, 9.17) is 33.2 Å². The molecule has 0 bridgehead atoms. The molecule has 36 heavy (non-hydrogen) atoms. The van der Waals surface area contributed by atoms with Gasteiger partial charge in [0.15, 0.2) is 17.3 Å². The van der Waals surface area contributed by atoms with E-state index < -0.39 is 36.8 Å². The second-order valence-electron chi connectivity index (χ2n) is 8.49. The fourth-order valence-electron chi connectivity index (χ4n) is 4.35. The number of hydrogen-bond acceptors (Lipinski definition) is 11. The smallest absolute Gasteiger partial charge is 0.229 e. The molecule has 4 rings (SSSR count). The third-order valence-corrected chi connectivity index (χ3v) is 6.30. The molecule has 0 radical (unpaired) electrons. The van der Waals surface area contributed by atoms with E-state index in [9.17, 15) is 20.1 Å². The maximum atomic E-state index is 13.1. The molecule has 196 valence electrons. The Morgan fingerprint density at radius 2 is 1.47 bits per heavy atom. The van der Waals surface area contributed by atoms with E-state index in [2.05, 4.69) is 0 Å². The van der Waals surface area contributed by atoms with Gasteiger partial charge in [-0.25, -0.2) is 0 Å². The molecule has 0 amide bonds. The summed E-state index contributed by atoms with van der Waals surface area (Å²) in [5, 5.41) is 30.3. The van der Waals surface area contributed by atoms with Crippen LogP contribution in [0.1, 0.15) is 35.4 Å². The SMILES string of the molecule is COc1cc([C@@H]2CC(=O)c3c(OC)cc(O[C@H]4O[C@@H](C)[C@H](O)[C@@H](O)[C@H]4O)cc3O2)cc(OC)c1OC. The number of ketones is 1. The van der Waals surface area contributed by atoms with Crippen LogP contribution in [-0.2, 0) is 4.74 Å². The van der Waals surface area contributed by atoms with Gasteiger partial charge in [0.05, 0.1) is 41.0 Å². The van der Waals surface area contributed by atoms with E-state index in [1.54, 1.807) is 19.1 Å². The van der Waals surface area contributed by atoms with Crippen molar-refractivity contribution in [2.24, 2.45) is 0 Å². The lowest BCUT2D eigenvalue weighted by Gasteiger charge is -2.39. The molecule has 1 saturated heterocycles. The Bertz CT molecular complexity index is 1090. The largest absolute Gasteiger partial charge is 0.496 e. The van der Waals surface area contributed by atoms with Crippen LogP contribution in [0.15, 0.2) is 24.3 Å². The van der Waals surface area contributed by atoms with Crippen LogP contribution in [0, 0.1) is 0 Å². The molecule has 0 saturated carbocycles. The molecule has 3 N–H and O–H groups in total. The zero-order valence-corrected chi connectivity index (χ0v) is 20.6. The van der Waals surface area contributed by atoms with Gasteiger partial charge in [0.1, 0.15) is 47.2 Å². The summed E-state index contributed by atoms with van der Waals surface area (Å²) in [6.07, 6.45) is -6.92. The number of carbonyl (C=O) groups is 1. The van der Waals surface area contributed by atoms with E-state index in [0.29, 0.717) is 22.8 Å². The molecule has 0 aromatic heterocycles. The highest BCUT2D eigenvalue weighted by molar-refractivity contribution is 6.03. The maximum absolute atomic E-state index is 13.1. The van der Waals surface area contributed by atoms with Crippen molar-refractivity contribution in [1.82, 2.24) is 0 Å². The van der Waals surface area contributed by atoms with Crippen LogP contribution < -0.4 is 28.4 Å². The monoisotopic (exact) mass is 506 g/mol. The lowest BCUT2D eigenvalue weighted by Crippen LogP contribution is -2.58. The molecule has 2 heterocycles. The summed E-state index contributed by atoms with van der Waals surface area (Å²) >= 11 is 0. The molecule has 2 aliphatic rings. The molecule has 2 aromatic rings. The molecule has 11 nitrogen and oxygen atoms in total. The van der Waals surface area contributed by atoms with Crippen molar-refractivity contribution in [2.75, 3.05) is 28.4 Å². The molecular formula is C25H30O11. The van der Waals surface area contributed by atoms with Crippen molar-refractivity contribution < 1.29 is 53.3 Å². The van der Waals surface area contributed by atoms with E-state index in [1.807, 2.05) is 0 Å². The number of methoxy groups -OCH3 is 4.